The molecule has 0 saturated carbocycles. The van der Waals surface area contributed by atoms with E-state index >= 15 is 0 Å². The van der Waals surface area contributed by atoms with E-state index in [9.17, 15) is 27.9 Å². The van der Waals surface area contributed by atoms with Gasteiger partial charge in [0.15, 0.2) is 23.1 Å². The molecule has 0 radical (unpaired) electrons. The maximum Gasteiger partial charge on any atom is 0.422 e. The van der Waals surface area contributed by atoms with Crippen LogP contribution in [-0.4, -0.2) is 41.2 Å². The van der Waals surface area contributed by atoms with Crippen LogP contribution in [0, 0.1) is 24.1 Å². The minimum absolute atomic E-state index is 0.00427. The summed E-state index contributed by atoms with van der Waals surface area (Å²) in [5.41, 5.74) is 3.41. The van der Waals surface area contributed by atoms with E-state index in [4.69, 9.17) is 5.73 Å². The Morgan fingerprint density at radius 3 is 2.53 bits per heavy atom. The molecule has 0 aliphatic heterocycles. The number of nitrogens with zero attached hydrogens (tertiary/aromatic N) is 7. The smallest absolute Gasteiger partial charge is 0.381 e. The lowest BCUT2D eigenvalue weighted by Gasteiger charge is -2.25. The summed E-state index contributed by atoms with van der Waals surface area (Å²) in [4.78, 5) is 12.1. The molecule has 0 fully saturated rings. The average molecular weight is 498 g/mol. The van der Waals surface area contributed by atoms with Crippen molar-refractivity contribution < 1.29 is 22.7 Å². The topological polar surface area (TPSA) is 139 Å². The van der Waals surface area contributed by atoms with Gasteiger partial charge in [0.05, 0.1) is 35.8 Å². The van der Waals surface area contributed by atoms with Crippen LogP contribution in [0.2, 0.25) is 0 Å². The van der Waals surface area contributed by atoms with Gasteiger partial charge in [-0.3, -0.25) is 4.98 Å². The molecule has 13 heteroatoms. The van der Waals surface area contributed by atoms with Gasteiger partial charge < -0.3 is 10.8 Å². The van der Waals surface area contributed by atoms with Crippen molar-refractivity contribution in [2.45, 2.75) is 32.2 Å². The van der Waals surface area contributed by atoms with E-state index < -0.39 is 29.1 Å². The zero-order valence-corrected chi connectivity index (χ0v) is 18.9. The highest BCUT2D eigenvalue weighted by Gasteiger charge is 2.52. The molecule has 1 unspecified atom stereocenters. The number of hydrogen-bond acceptors (Lipinski definition) is 8. The second-order valence-electron chi connectivity index (χ2n) is 8.07. The molecule has 3 aromatic heterocycles. The lowest BCUT2D eigenvalue weighted by atomic mass is 10.0. The van der Waals surface area contributed by atoms with E-state index in [1.165, 1.54) is 23.0 Å². The molecule has 184 valence electrons. The first-order valence-corrected chi connectivity index (χ1v) is 10.4. The molecule has 0 spiro atoms. The third kappa shape index (κ3) is 4.46. The second-order valence-corrected chi connectivity index (χ2v) is 8.07. The Kier molecular flexibility index (Phi) is 6.15. The predicted molar refractivity (Wildman–Crippen MR) is 119 cm³/mol. The molecule has 1 aromatic carbocycles. The van der Waals surface area contributed by atoms with Gasteiger partial charge in [-0.25, -0.2) is 19.0 Å². The minimum atomic E-state index is -4.92. The molecular formula is C23H18F4N8O. The fourth-order valence-electron chi connectivity index (χ4n) is 3.39. The SMILES string of the molecule is Cc1c(C#N)cccc1-c1nc(N)c(F)c(-c2cn(Cc3cccc(C(C)(O)C(F)(F)F)n3)nn2)n1. The Morgan fingerprint density at radius 2 is 1.83 bits per heavy atom. The quantitative estimate of drug-likeness (QED) is 0.399. The number of anilines is 1. The first-order chi connectivity index (χ1) is 16.9. The highest BCUT2D eigenvalue weighted by atomic mass is 19.4. The van der Waals surface area contributed by atoms with E-state index in [0.29, 0.717) is 23.6 Å². The van der Waals surface area contributed by atoms with Crippen molar-refractivity contribution in [1.82, 2.24) is 29.9 Å². The van der Waals surface area contributed by atoms with Crippen LogP contribution in [0.1, 0.15) is 29.4 Å². The largest absolute Gasteiger partial charge is 0.422 e. The molecule has 3 heterocycles. The Bertz CT molecular complexity index is 1490. The van der Waals surface area contributed by atoms with Crippen LogP contribution in [-0.2, 0) is 12.1 Å². The number of halogens is 4. The van der Waals surface area contributed by atoms with Crippen LogP contribution in [0.5, 0.6) is 0 Å². The summed E-state index contributed by atoms with van der Waals surface area (Å²) in [6.45, 7) is 2.19. The normalized spacial score (nSPS) is 13.3. The van der Waals surface area contributed by atoms with Gasteiger partial charge in [0.25, 0.3) is 0 Å². The first-order valence-electron chi connectivity index (χ1n) is 10.4. The Morgan fingerprint density at radius 1 is 1.11 bits per heavy atom. The van der Waals surface area contributed by atoms with Crippen molar-refractivity contribution in [3.05, 3.63) is 70.9 Å². The lowest BCUT2D eigenvalue weighted by molar-refractivity contribution is -0.260. The van der Waals surface area contributed by atoms with Gasteiger partial charge in [0.2, 0.25) is 0 Å². The number of aliphatic hydroxyl groups is 1. The van der Waals surface area contributed by atoms with Crippen LogP contribution in [0.15, 0.2) is 42.6 Å². The summed E-state index contributed by atoms with van der Waals surface area (Å²) >= 11 is 0. The highest BCUT2D eigenvalue weighted by Crippen LogP contribution is 2.37. The van der Waals surface area contributed by atoms with Gasteiger partial charge in [-0.1, -0.05) is 23.4 Å². The highest BCUT2D eigenvalue weighted by molar-refractivity contribution is 5.69. The number of nitrogen functional groups attached to an aromatic ring is 1. The van der Waals surface area contributed by atoms with Gasteiger partial charge in [0, 0.05) is 5.56 Å². The Balaban J connectivity index is 1.68. The third-order valence-electron chi connectivity index (χ3n) is 5.53. The molecule has 4 rings (SSSR count). The van der Waals surface area contributed by atoms with Crippen LogP contribution in [0.25, 0.3) is 22.8 Å². The maximum atomic E-state index is 14.8. The summed E-state index contributed by atoms with van der Waals surface area (Å²) in [7, 11) is 0. The molecule has 0 saturated heterocycles. The monoisotopic (exact) mass is 498 g/mol. The van der Waals surface area contributed by atoms with E-state index in [1.807, 2.05) is 0 Å². The standard InChI is InChI=1S/C23H18F4N8O/c1-12-13(9-28)5-3-7-15(12)21-31-19(18(24)20(29)32-21)16-11-35(34-33-16)10-14-6-4-8-17(30-14)22(2,36)23(25,26)27/h3-8,11,36H,10H2,1-2H3,(H2,29,31,32). The molecule has 1 atom stereocenters. The fourth-order valence-corrected chi connectivity index (χ4v) is 3.39. The first kappa shape index (κ1) is 24.7. The number of pyridine rings is 1. The van der Waals surface area contributed by atoms with Crippen LogP contribution in [0.3, 0.4) is 0 Å². The molecule has 0 aliphatic carbocycles. The molecule has 4 aromatic rings. The minimum Gasteiger partial charge on any atom is -0.381 e. The van der Waals surface area contributed by atoms with Crippen molar-refractivity contribution in [1.29, 1.82) is 5.26 Å². The van der Waals surface area contributed by atoms with Crippen LogP contribution in [0.4, 0.5) is 23.4 Å². The molecule has 0 amide bonds. The zero-order valence-electron chi connectivity index (χ0n) is 18.9. The van der Waals surface area contributed by atoms with Gasteiger partial charge in [-0.2, -0.15) is 18.4 Å². The van der Waals surface area contributed by atoms with Gasteiger partial charge >= 0.3 is 6.18 Å². The molecule has 0 bridgehead atoms. The number of benzene rings is 1. The van der Waals surface area contributed by atoms with Gasteiger partial charge in [0.1, 0.15) is 11.4 Å². The number of aromatic nitrogens is 6. The number of rotatable bonds is 5. The van der Waals surface area contributed by atoms with E-state index in [-0.39, 0.29) is 29.5 Å². The number of nitrogens with two attached hydrogens (primary N) is 1. The second kappa shape index (κ2) is 8.97. The van der Waals surface area contributed by atoms with E-state index in [2.05, 4.69) is 31.3 Å². The van der Waals surface area contributed by atoms with E-state index in [1.54, 1.807) is 25.1 Å². The molecule has 0 aliphatic rings. The number of alkyl halides is 3. The van der Waals surface area contributed by atoms with Gasteiger partial charge in [-0.05, 0) is 37.6 Å². The van der Waals surface area contributed by atoms with Crippen molar-refractivity contribution >= 4 is 5.82 Å². The summed E-state index contributed by atoms with van der Waals surface area (Å²) in [5, 5.41) is 26.9. The molecule has 9 nitrogen and oxygen atoms in total. The number of nitriles is 1. The maximum absolute atomic E-state index is 14.8. The van der Waals surface area contributed by atoms with Crippen molar-refractivity contribution in [3.8, 4) is 28.8 Å². The summed E-state index contributed by atoms with van der Waals surface area (Å²) in [5.74, 6) is -1.28. The molecule has 36 heavy (non-hydrogen) atoms. The van der Waals surface area contributed by atoms with Crippen molar-refractivity contribution in [2.24, 2.45) is 0 Å². The molecule has 3 N–H and O–H groups in total. The zero-order chi connectivity index (χ0) is 26.3. The summed E-state index contributed by atoms with van der Waals surface area (Å²) in [6, 6.07) is 10.8. The molecular weight excluding hydrogens is 480 g/mol. The third-order valence-corrected chi connectivity index (χ3v) is 5.53. The average Bonchev–Trinajstić information content (AvgIpc) is 3.28. The predicted octanol–water partition coefficient (Wildman–Crippen LogP) is 3.52. The fraction of sp³-hybridized carbons (Fsp3) is 0.217. The number of hydrogen-bond donors (Lipinski definition) is 2. The summed E-state index contributed by atoms with van der Waals surface area (Å²) in [6.07, 6.45) is -3.60. The lowest BCUT2D eigenvalue weighted by Crippen LogP contribution is -2.40. The van der Waals surface area contributed by atoms with Crippen LogP contribution < -0.4 is 5.73 Å². The van der Waals surface area contributed by atoms with Crippen LogP contribution >= 0.6 is 0 Å². The summed E-state index contributed by atoms with van der Waals surface area (Å²) < 4.78 is 55.6. The van der Waals surface area contributed by atoms with Crippen molar-refractivity contribution in [2.75, 3.05) is 5.73 Å². The van der Waals surface area contributed by atoms with Crippen molar-refractivity contribution in [3.63, 3.8) is 0 Å². The Hall–Kier alpha value is -4.44. The van der Waals surface area contributed by atoms with Gasteiger partial charge in [-0.15, -0.1) is 5.10 Å². The van der Waals surface area contributed by atoms with E-state index in [0.717, 1.165) is 6.07 Å². The Labute approximate surface area is 201 Å².